The Kier molecular flexibility index (Phi) is 3.78. The van der Waals surface area contributed by atoms with Crippen LogP contribution >= 0.6 is 0 Å². The van der Waals surface area contributed by atoms with Crippen LogP contribution in [0.25, 0.3) is 11.0 Å². The number of hydrogen-bond donors (Lipinski definition) is 2. The van der Waals surface area contributed by atoms with Gasteiger partial charge in [0.15, 0.2) is 0 Å². The van der Waals surface area contributed by atoms with Gasteiger partial charge in [-0.15, -0.1) is 0 Å². The molecule has 1 saturated heterocycles. The number of aromatic nitrogens is 4. The van der Waals surface area contributed by atoms with Gasteiger partial charge < -0.3 is 15.0 Å². The lowest BCUT2D eigenvalue weighted by Crippen LogP contribution is -2.44. The van der Waals surface area contributed by atoms with Crippen LogP contribution in [0.4, 0.5) is 0 Å². The Morgan fingerprint density at radius 3 is 2.96 bits per heavy atom. The number of fused-ring (bicyclic) bond motifs is 1. The van der Waals surface area contributed by atoms with Crippen molar-refractivity contribution in [2.24, 2.45) is 0 Å². The topological polar surface area (TPSA) is 102 Å². The minimum absolute atomic E-state index is 0.173. The third-order valence-electron chi connectivity index (χ3n) is 5.20. The second kappa shape index (κ2) is 6.31. The maximum absolute atomic E-state index is 12.7. The second-order valence-electron chi connectivity index (χ2n) is 7.13. The van der Waals surface area contributed by atoms with E-state index in [1.54, 1.807) is 36.7 Å². The number of H-pyrrole nitrogens is 1. The van der Waals surface area contributed by atoms with Crippen LogP contribution in [-0.2, 0) is 4.74 Å². The molecule has 0 radical (unpaired) electrons. The molecule has 27 heavy (non-hydrogen) atoms. The van der Waals surface area contributed by atoms with Gasteiger partial charge in [-0.05, 0) is 37.1 Å². The Bertz CT molecular complexity index is 1070. The first kappa shape index (κ1) is 16.2. The minimum atomic E-state index is -0.311. The summed E-state index contributed by atoms with van der Waals surface area (Å²) < 4.78 is 7.03. The molecule has 3 aromatic rings. The van der Waals surface area contributed by atoms with Crippen LogP contribution in [0.15, 0.2) is 41.5 Å². The maximum Gasteiger partial charge on any atom is 0.267 e. The van der Waals surface area contributed by atoms with Crippen LogP contribution in [0.5, 0.6) is 0 Å². The second-order valence-corrected chi connectivity index (χ2v) is 7.13. The number of hydrogen-bond acceptors (Lipinski definition) is 5. The van der Waals surface area contributed by atoms with Gasteiger partial charge in [0.1, 0.15) is 6.04 Å². The van der Waals surface area contributed by atoms with Crippen molar-refractivity contribution in [2.75, 3.05) is 13.2 Å². The summed E-state index contributed by atoms with van der Waals surface area (Å²) in [5.74, 6) is 0.242. The van der Waals surface area contributed by atoms with Gasteiger partial charge in [-0.1, -0.05) is 0 Å². The van der Waals surface area contributed by atoms with E-state index in [0.29, 0.717) is 24.7 Å². The highest BCUT2D eigenvalue weighted by atomic mass is 16.5. The number of rotatable bonds is 4. The molecule has 1 amide bonds. The fourth-order valence-electron chi connectivity index (χ4n) is 3.52. The average molecular weight is 365 g/mol. The van der Waals surface area contributed by atoms with Crippen LogP contribution in [0.3, 0.4) is 0 Å². The van der Waals surface area contributed by atoms with E-state index in [9.17, 15) is 9.59 Å². The predicted molar refractivity (Wildman–Crippen MR) is 97.7 cm³/mol. The van der Waals surface area contributed by atoms with Crippen LogP contribution in [0, 0.1) is 0 Å². The molecule has 1 aliphatic carbocycles. The summed E-state index contributed by atoms with van der Waals surface area (Å²) in [6.45, 7) is 0.704. The lowest BCUT2D eigenvalue weighted by atomic mass is 10.1. The highest BCUT2D eigenvalue weighted by molar-refractivity contribution is 5.97. The zero-order valence-electron chi connectivity index (χ0n) is 14.6. The quantitative estimate of drug-likeness (QED) is 0.727. The zero-order chi connectivity index (χ0) is 18.4. The van der Waals surface area contributed by atoms with Gasteiger partial charge in [0.2, 0.25) is 0 Å². The Hall–Kier alpha value is -3.00. The third-order valence-corrected chi connectivity index (χ3v) is 5.20. The molecule has 2 N–H and O–H groups in total. The molecule has 2 aromatic heterocycles. The van der Waals surface area contributed by atoms with E-state index in [4.69, 9.17) is 4.74 Å². The largest absolute Gasteiger partial charge is 0.377 e. The minimum Gasteiger partial charge on any atom is -0.377 e. The summed E-state index contributed by atoms with van der Waals surface area (Å²) >= 11 is 0. The van der Waals surface area contributed by atoms with E-state index < -0.39 is 0 Å². The molecule has 5 rings (SSSR count). The number of nitrogens with zero attached hydrogens (tertiary/aromatic N) is 3. The molecular formula is C19H19N5O3. The molecule has 138 valence electrons. The fraction of sp³-hybridized carbons (Fsp3) is 0.368. The predicted octanol–water partition coefficient (Wildman–Crippen LogP) is 1.37. The van der Waals surface area contributed by atoms with Gasteiger partial charge in [0.05, 0.1) is 42.3 Å². The van der Waals surface area contributed by atoms with E-state index in [-0.39, 0.29) is 23.6 Å². The molecule has 0 bridgehead atoms. The molecule has 3 heterocycles. The first-order chi connectivity index (χ1) is 13.2. The molecular weight excluding hydrogens is 346 g/mol. The summed E-state index contributed by atoms with van der Waals surface area (Å²) in [5.41, 5.74) is 2.91. The zero-order valence-corrected chi connectivity index (χ0v) is 14.6. The van der Waals surface area contributed by atoms with Crippen molar-refractivity contribution in [3.05, 3.63) is 58.3 Å². The standard InChI is InChI=1S/C19H19N5O3/c25-18-6-5-13(11-1-2-11)23-24(18)17-9-27-8-16(17)22-19(26)12-3-4-14-15(7-12)21-10-20-14/h3-7,10-11,16-17H,1-2,8-9H2,(H,20,21)(H,22,26). The Morgan fingerprint density at radius 1 is 1.22 bits per heavy atom. The van der Waals surface area contributed by atoms with Crippen LogP contribution in [0.1, 0.15) is 40.9 Å². The van der Waals surface area contributed by atoms with Gasteiger partial charge in [-0.2, -0.15) is 5.10 Å². The Morgan fingerprint density at radius 2 is 2.11 bits per heavy atom. The average Bonchev–Trinajstić information content (AvgIpc) is 3.24. The highest BCUT2D eigenvalue weighted by Crippen LogP contribution is 2.38. The fourth-order valence-corrected chi connectivity index (χ4v) is 3.52. The highest BCUT2D eigenvalue weighted by Gasteiger charge is 2.34. The van der Waals surface area contributed by atoms with E-state index >= 15 is 0 Å². The van der Waals surface area contributed by atoms with E-state index in [1.807, 2.05) is 0 Å². The number of imidazole rings is 1. The van der Waals surface area contributed by atoms with Crippen molar-refractivity contribution in [3.8, 4) is 0 Å². The number of carbonyl (C=O) groups excluding carboxylic acids is 1. The number of amides is 1. The summed E-state index contributed by atoms with van der Waals surface area (Å²) in [6.07, 6.45) is 3.82. The molecule has 2 aliphatic rings. The number of nitrogens with one attached hydrogen (secondary N) is 2. The first-order valence-corrected chi connectivity index (χ1v) is 9.10. The van der Waals surface area contributed by atoms with E-state index in [2.05, 4.69) is 20.4 Å². The maximum atomic E-state index is 12.7. The van der Waals surface area contributed by atoms with Gasteiger partial charge >= 0.3 is 0 Å². The molecule has 1 aromatic carbocycles. The monoisotopic (exact) mass is 365 g/mol. The van der Waals surface area contributed by atoms with Gasteiger partial charge in [0.25, 0.3) is 11.5 Å². The molecule has 1 saturated carbocycles. The SMILES string of the molecule is O=C(NC1COCC1n1nc(C2CC2)ccc1=O)c1ccc2nc[nH]c2c1. The Labute approximate surface area is 154 Å². The molecule has 0 spiro atoms. The molecule has 2 fully saturated rings. The van der Waals surface area contributed by atoms with Crippen molar-refractivity contribution in [3.63, 3.8) is 0 Å². The number of aromatic amines is 1. The molecule has 8 nitrogen and oxygen atoms in total. The summed E-state index contributed by atoms with van der Waals surface area (Å²) in [5, 5.41) is 7.53. The van der Waals surface area contributed by atoms with Crippen molar-refractivity contribution in [1.82, 2.24) is 25.1 Å². The van der Waals surface area contributed by atoms with Crippen molar-refractivity contribution in [2.45, 2.75) is 30.8 Å². The summed E-state index contributed by atoms with van der Waals surface area (Å²) in [4.78, 5) is 32.2. The number of benzene rings is 1. The van der Waals surface area contributed by atoms with Gasteiger partial charge in [-0.25, -0.2) is 9.67 Å². The summed E-state index contributed by atoms with van der Waals surface area (Å²) in [6, 6.07) is 8.05. The van der Waals surface area contributed by atoms with Gasteiger partial charge in [-0.3, -0.25) is 9.59 Å². The number of ether oxygens (including phenoxy) is 1. The smallest absolute Gasteiger partial charge is 0.267 e. The number of carbonyl (C=O) groups is 1. The first-order valence-electron chi connectivity index (χ1n) is 9.10. The molecule has 1 aliphatic heterocycles. The van der Waals surface area contributed by atoms with Crippen molar-refractivity contribution >= 4 is 16.9 Å². The summed E-state index contributed by atoms with van der Waals surface area (Å²) in [7, 11) is 0. The molecule has 8 heteroatoms. The van der Waals surface area contributed by atoms with Gasteiger partial charge in [0, 0.05) is 17.5 Å². The van der Waals surface area contributed by atoms with Crippen LogP contribution in [0.2, 0.25) is 0 Å². The van der Waals surface area contributed by atoms with Crippen molar-refractivity contribution in [1.29, 1.82) is 0 Å². The van der Waals surface area contributed by atoms with E-state index in [0.717, 1.165) is 29.6 Å². The molecule has 2 atom stereocenters. The van der Waals surface area contributed by atoms with Crippen LogP contribution in [-0.4, -0.2) is 44.9 Å². The normalized spacial score (nSPS) is 22.2. The van der Waals surface area contributed by atoms with Crippen LogP contribution < -0.4 is 10.9 Å². The lowest BCUT2D eigenvalue weighted by Gasteiger charge is -2.20. The third kappa shape index (κ3) is 3.02. The Balaban J connectivity index is 1.39. The van der Waals surface area contributed by atoms with Crippen molar-refractivity contribution < 1.29 is 9.53 Å². The lowest BCUT2D eigenvalue weighted by molar-refractivity contribution is 0.0924. The van der Waals surface area contributed by atoms with E-state index in [1.165, 1.54) is 4.68 Å². The molecule has 2 unspecified atom stereocenters.